The van der Waals surface area contributed by atoms with Crippen LogP contribution in [0.2, 0.25) is 0 Å². The van der Waals surface area contributed by atoms with Crippen molar-refractivity contribution in [1.82, 2.24) is 0 Å². The van der Waals surface area contributed by atoms with Gasteiger partial charge in [0.05, 0.1) is 63.7 Å². The fraction of sp³-hybridized carbons (Fsp3) is 0.400. The highest BCUT2D eigenvalue weighted by Crippen LogP contribution is 2.19. The van der Waals surface area contributed by atoms with E-state index in [0.717, 1.165) is 30.4 Å². The van der Waals surface area contributed by atoms with E-state index in [0.29, 0.717) is 0 Å². The van der Waals surface area contributed by atoms with Crippen molar-refractivity contribution in [3.05, 3.63) is 63.3 Å². The van der Waals surface area contributed by atoms with Crippen molar-refractivity contribution in [2.24, 2.45) is 10.8 Å². The maximum Gasteiger partial charge on any atom is 0.365 e. The third-order valence-electron chi connectivity index (χ3n) is 3.78. The van der Waals surface area contributed by atoms with Crippen molar-refractivity contribution < 1.29 is 89.9 Å². The van der Waals surface area contributed by atoms with Crippen LogP contribution >= 0.6 is 0 Å². The molecule has 0 heterocycles. The number of hydrogen-bond donors (Lipinski definition) is 11. The lowest BCUT2D eigenvalue weighted by atomic mass is 9.91. The van der Waals surface area contributed by atoms with Crippen molar-refractivity contribution >= 4 is 29.8 Å². The molecule has 0 aromatic carbocycles. The minimum absolute atomic E-state index is 0.141. The lowest BCUT2D eigenvalue weighted by Crippen LogP contribution is -2.43. The average molecular weight is 631 g/mol. The summed E-state index contributed by atoms with van der Waals surface area (Å²) in [6.45, 7) is 11.8. The van der Waals surface area contributed by atoms with Gasteiger partial charge >= 0.3 is 29.8 Å². The highest BCUT2D eigenvalue weighted by molar-refractivity contribution is 5.80. The molecule has 43 heavy (non-hydrogen) atoms. The number of aliphatic hydroxyl groups is 6. The number of carbonyl (C=O) groups excluding carboxylic acids is 1. The Hall–Kier alpha value is -4.27. The molecule has 0 unspecified atom stereocenters. The number of aliphatic carboxylic acids is 4. The first kappa shape index (κ1) is 51.5. The zero-order valence-corrected chi connectivity index (χ0v) is 23.4. The predicted molar refractivity (Wildman–Crippen MR) is 148 cm³/mol. The van der Waals surface area contributed by atoms with Gasteiger partial charge in [0.2, 0.25) is 0 Å². The summed E-state index contributed by atoms with van der Waals surface area (Å²) in [6.07, 6.45) is 4.19. The van der Waals surface area contributed by atoms with E-state index < -0.39 is 80.3 Å². The maximum atomic E-state index is 9.59. The standard InChI is InChI=1S/C10H22O7.C3H4O3.4C3H4O2/c11-1-9(2-12,3-13)7-17-8-10(4-14,5-15)6-16;1-2-3(4)6-5;4*1-2-3(4)5/h11-16H,1-8H2;2,5H,1H2;4*2H,1H2,(H,4,5). The Bertz CT molecular complexity index is 705. The lowest BCUT2D eigenvalue weighted by Gasteiger charge is -2.31. The van der Waals surface area contributed by atoms with E-state index in [2.05, 4.69) is 37.8 Å². The van der Waals surface area contributed by atoms with Crippen LogP contribution in [0.5, 0.6) is 0 Å². The Morgan fingerprint density at radius 1 is 0.488 bits per heavy atom. The van der Waals surface area contributed by atoms with Crippen molar-refractivity contribution in [2.75, 3.05) is 52.9 Å². The Kier molecular flexibility index (Phi) is 42.8. The second-order valence-electron chi connectivity index (χ2n) is 7.23. The van der Waals surface area contributed by atoms with Crippen LogP contribution in [-0.4, -0.2) is 139 Å². The van der Waals surface area contributed by atoms with Crippen molar-refractivity contribution in [3.63, 3.8) is 0 Å². The van der Waals surface area contributed by atoms with Gasteiger partial charge in [-0.15, -0.1) is 0 Å². The van der Waals surface area contributed by atoms with Gasteiger partial charge < -0.3 is 55.8 Å². The average Bonchev–Trinajstić information content (AvgIpc) is 3.02. The summed E-state index contributed by atoms with van der Waals surface area (Å²) in [5.74, 6) is -4.76. The quantitative estimate of drug-likeness (QED) is 0.0537. The minimum atomic E-state index is -1.16. The first-order chi connectivity index (χ1) is 20.0. The molecule has 250 valence electrons. The molecule has 0 rings (SSSR count). The van der Waals surface area contributed by atoms with Crippen LogP contribution in [0.3, 0.4) is 0 Å². The van der Waals surface area contributed by atoms with Crippen LogP contribution in [0, 0.1) is 10.8 Å². The van der Waals surface area contributed by atoms with Gasteiger partial charge in [-0.2, -0.15) is 5.26 Å². The van der Waals surface area contributed by atoms with E-state index in [-0.39, 0.29) is 13.2 Å². The first-order valence-electron chi connectivity index (χ1n) is 11.1. The molecule has 0 aliphatic heterocycles. The number of rotatable bonds is 15. The molecule has 18 nitrogen and oxygen atoms in total. The Balaban J connectivity index is -0.000000108. The molecule has 0 saturated heterocycles. The Morgan fingerprint density at radius 2 is 0.674 bits per heavy atom. The summed E-state index contributed by atoms with van der Waals surface area (Å²) in [7, 11) is 0. The molecular formula is C25H42O18. The number of ether oxygens (including phenoxy) is 1. The van der Waals surface area contributed by atoms with Gasteiger partial charge in [0.15, 0.2) is 0 Å². The molecule has 0 atom stereocenters. The number of carboxylic acids is 4. The molecule has 0 aromatic heterocycles. The van der Waals surface area contributed by atoms with Gasteiger partial charge in [0.25, 0.3) is 0 Å². The van der Waals surface area contributed by atoms with Gasteiger partial charge in [-0.05, 0) is 0 Å². The smallest absolute Gasteiger partial charge is 0.365 e. The van der Waals surface area contributed by atoms with E-state index in [1.165, 1.54) is 0 Å². The van der Waals surface area contributed by atoms with Crippen LogP contribution < -0.4 is 0 Å². The largest absolute Gasteiger partial charge is 0.478 e. The fourth-order valence-corrected chi connectivity index (χ4v) is 1.10. The van der Waals surface area contributed by atoms with Crippen LogP contribution in [0.25, 0.3) is 0 Å². The zero-order chi connectivity index (χ0) is 35.5. The molecule has 0 aliphatic carbocycles. The van der Waals surface area contributed by atoms with Crippen molar-refractivity contribution in [2.45, 2.75) is 0 Å². The lowest BCUT2D eigenvalue weighted by molar-refractivity contribution is -0.228. The van der Waals surface area contributed by atoms with Gasteiger partial charge in [0.1, 0.15) is 0 Å². The fourth-order valence-electron chi connectivity index (χ4n) is 1.10. The molecule has 0 spiro atoms. The summed E-state index contributed by atoms with van der Waals surface area (Å²) in [5, 5.41) is 92.0. The van der Waals surface area contributed by atoms with E-state index in [4.69, 9.17) is 61.1 Å². The second-order valence-corrected chi connectivity index (χ2v) is 7.23. The zero-order valence-electron chi connectivity index (χ0n) is 23.4. The first-order valence-corrected chi connectivity index (χ1v) is 11.1. The topological polar surface area (TPSA) is 326 Å². The SMILES string of the molecule is C=CC(=O)O.C=CC(=O)O.C=CC(=O)O.C=CC(=O)O.C=CC(=O)OO.OCC(CO)(CO)COCC(CO)(CO)CO. The van der Waals surface area contributed by atoms with Crippen LogP contribution in [-0.2, 0) is 33.6 Å². The number of aliphatic hydroxyl groups excluding tert-OH is 6. The highest BCUT2D eigenvalue weighted by Gasteiger charge is 2.32. The molecular weight excluding hydrogens is 588 g/mol. The summed E-state index contributed by atoms with van der Waals surface area (Å²) >= 11 is 0. The molecule has 0 radical (unpaired) electrons. The molecule has 0 bridgehead atoms. The molecule has 0 saturated carbocycles. The predicted octanol–water partition coefficient (Wildman–Crippen LogP) is -1.85. The van der Waals surface area contributed by atoms with E-state index in [1.807, 2.05) is 0 Å². The maximum absolute atomic E-state index is 9.59. The highest BCUT2D eigenvalue weighted by atomic mass is 17.1. The number of carbonyl (C=O) groups is 5. The van der Waals surface area contributed by atoms with Gasteiger partial charge in [-0.25, -0.2) is 24.0 Å². The van der Waals surface area contributed by atoms with Crippen LogP contribution in [0.15, 0.2) is 63.3 Å². The van der Waals surface area contributed by atoms with Crippen molar-refractivity contribution in [1.29, 1.82) is 0 Å². The third kappa shape index (κ3) is 42.3. The molecule has 0 aromatic rings. The van der Waals surface area contributed by atoms with Gasteiger partial charge in [0, 0.05) is 30.4 Å². The van der Waals surface area contributed by atoms with E-state index in [1.54, 1.807) is 0 Å². The van der Waals surface area contributed by atoms with Crippen molar-refractivity contribution in [3.8, 4) is 0 Å². The molecule has 0 fully saturated rings. The third-order valence-corrected chi connectivity index (χ3v) is 3.78. The molecule has 11 N–H and O–H groups in total. The van der Waals surface area contributed by atoms with E-state index >= 15 is 0 Å². The summed E-state index contributed by atoms with van der Waals surface area (Å²) in [5.41, 5.74) is -2.32. The molecule has 18 heteroatoms. The summed E-state index contributed by atoms with van der Waals surface area (Å²) in [4.78, 5) is 49.7. The Morgan fingerprint density at radius 3 is 0.744 bits per heavy atom. The Labute approximate surface area is 247 Å². The second kappa shape index (κ2) is 35.8. The summed E-state index contributed by atoms with van der Waals surface area (Å²) < 4.78 is 5.15. The van der Waals surface area contributed by atoms with Gasteiger partial charge in [-0.1, -0.05) is 32.9 Å². The number of carboxylic acid groups (broad SMARTS) is 4. The van der Waals surface area contributed by atoms with Crippen LogP contribution in [0.1, 0.15) is 0 Å². The molecule has 0 amide bonds. The number of hydrogen-bond acceptors (Lipinski definition) is 14. The molecule has 0 aliphatic rings. The van der Waals surface area contributed by atoms with E-state index in [9.17, 15) is 24.0 Å². The van der Waals surface area contributed by atoms with Gasteiger partial charge in [-0.3, -0.25) is 4.89 Å². The van der Waals surface area contributed by atoms with Crippen LogP contribution in [0.4, 0.5) is 0 Å². The monoisotopic (exact) mass is 630 g/mol. The normalized spacial score (nSPS) is 9.09. The summed E-state index contributed by atoms with van der Waals surface area (Å²) in [6, 6.07) is 0. The minimum Gasteiger partial charge on any atom is -0.478 e.